The third kappa shape index (κ3) is 3.53. The van der Waals surface area contributed by atoms with Gasteiger partial charge in [-0.3, -0.25) is 4.79 Å². The van der Waals surface area contributed by atoms with E-state index in [0.717, 1.165) is 24.8 Å². The van der Waals surface area contributed by atoms with Gasteiger partial charge < -0.3 is 5.32 Å². The number of sulfonamides is 1. The number of aryl methyl sites for hydroxylation is 1. The number of benzene rings is 2. The van der Waals surface area contributed by atoms with Crippen molar-refractivity contribution in [1.82, 2.24) is 5.32 Å². The van der Waals surface area contributed by atoms with E-state index in [1.54, 1.807) is 0 Å². The maximum Gasteiger partial charge on any atom is 0.252 e. The Morgan fingerprint density at radius 1 is 1.21 bits per heavy atom. The number of carbonyl (C=O) groups excluding carboxylic acids is 1. The molecule has 1 amide bonds. The van der Waals surface area contributed by atoms with Gasteiger partial charge in [-0.15, -0.1) is 0 Å². The molecule has 0 bridgehead atoms. The van der Waals surface area contributed by atoms with Crippen LogP contribution in [0.25, 0.3) is 0 Å². The van der Waals surface area contributed by atoms with Gasteiger partial charge in [0.25, 0.3) is 5.91 Å². The molecule has 1 atom stereocenters. The van der Waals surface area contributed by atoms with Gasteiger partial charge in [-0.25, -0.2) is 13.6 Å². The molecule has 2 aromatic rings. The Kier molecular flexibility index (Phi) is 4.76. The van der Waals surface area contributed by atoms with Gasteiger partial charge >= 0.3 is 0 Å². The molecular weight excluding hydrogens is 392 g/mol. The molecule has 5 nitrogen and oxygen atoms in total. The first-order valence-corrected chi connectivity index (χ1v) is 9.91. The fraction of sp³-hybridized carbons (Fsp3) is 0.235. The quantitative estimate of drug-likeness (QED) is 0.817. The number of rotatable bonds is 3. The number of fused-ring (bicyclic) bond motifs is 1. The first kappa shape index (κ1) is 17.1. The Balaban J connectivity index is 1.89. The van der Waals surface area contributed by atoms with Crippen molar-refractivity contribution in [3.05, 3.63) is 63.6 Å². The van der Waals surface area contributed by atoms with E-state index in [0.29, 0.717) is 4.47 Å². The zero-order chi connectivity index (χ0) is 17.3. The molecule has 0 heterocycles. The maximum absolute atomic E-state index is 12.6. The number of nitrogens with one attached hydrogen (secondary N) is 1. The second-order valence-electron chi connectivity index (χ2n) is 5.80. The van der Waals surface area contributed by atoms with Crippen LogP contribution in [-0.4, -0.2) is 14.3 Å². The predicted octanol–water partition coefficient (Wildman–Crippen LogP) is 2.90. The van der Waals surface area contributed by atoms with Crippen molar-refractivity contribution in [2.75, 3.05) is 0 Å². The first-order valence-electron chi connectivity index (χ1n) is 7.57. The summed E-state index contributed by atoms with van der Waals surface area (Å²) < 4.78 is 23.5. The molecule has 0 aromatic heterocycles. The van der Waals surface area contributed by atoms with Crippen molar-refractivity contribution >= 4 is 31.9 Å². The van der Waals surface area contributed by atoms with E-state index in [2.05, 4.69) is 27.3 Å². The number of nitrogens with two attached hydrogens (primary N) is 1. The lowest BCUT2D eigenvalue weighted by molar-refractivity contribution is 0.0931. The van der Waals surface area contributed by atoms with Crippen LogP contribution in [0.5, 0.6) is 0 Å². The Bertz CT molecular complexity index is 896. The summed E-state index contributed by atoms with van der Waals surface area (Å²) in [6, 6.07) is 12.2. The molecule has 0 fully saturated rings. The minimum atomic E-state index is -3.86. The SMILES string of the molecule is NS(=O)(=O)c1ccc(Br)c(C(=O)NC2CCCc3ccccc32)c1. The average Bonchev–Trinajstić information content (AvgIpc) is 2.54. The highest BCUT2D eigenvalue weighted by atomic mass is 79.9. The summed E-state index contributed by atoms with van der Waals surface area (Å²) in [5, 5.41) is 8.15. The maximum atomic E-state index is 12.6. The molecule has 126 valence electrons. The monoisotopic (exact) mass is 408 g/mol. The van der Waals surface area contributed by atoms with Crippen molar-refractivity contribution in [3.8, 4) is 0 Å². The lowest BCUT2D eigenvalue weighted by Gasteiger charge is -2.26. The number of carbonyl (C=O) groups is 1. The van der Waals surface area contributed by atoms with Gasteiger partial charge in [0, 0.05) is 4.47 Å². The van der Waals surface area contributed by atoms with Gasteiger partial charge in [0.05, 0.1) is 16.5 Å². The van der Waals surface area contributed by atoms with Crippen LogP contribution in [0.4, 0.5) is 0 Å². The minimum absolute atomic E-state index is 0.0764. The standard InChI is InChI=1S/C17H17BrN2O3S/c18-15-9-8-12(24(19,22)23)10-14(15)17(21)20-16-7-3-5-11-4-1-2-6-13(11)16/h1-2,4,6,8-10,16H,3,5,7H2,(H,20,21)(H2,19,22,23). The number of hydrogen-bond donors (Lipinski definition) is 2. The Labute approximate surface area is 149 Å². The van der Waals surface area contributed by atoms with E-state index >= 15 is 0 Å². The Morgan fingerprint density at radius 3 is 2.71 bits per heavy atom. The molecule has 0 saturated heterocycles. The molecule has 1 unspecified atom stereocenters. The smallest absolute Gasteiger partial charge is 0.252 e. The first-order chi connectivity index (χ1) is 11.4. The third-order valence-corrected chi connectivity index (χ3v) is 5.79. The number of halogens is 1. The molecular formula is C17H17BrN2O3S. The van der Waals surface area contributed by atoms with Crippen molar-refractivity contribution in [2.45, 2.75) is 30.2 Å². The highest BCUT2D eigenvalue weighted by Gasteiger charge is 2.23. The van der Waals surface area contributed by atoms with Crippen molar-refractivity contribution in [2.24, 2.45) is 5.14 Å². The van der Waals surface area contributed by atoms with Crippen molar-refractivity contribution in [3.63, 3.8) is 0 Å². The molecule has 7 heteroatoms. The minimum Gasteiger partial charge on any atom is -0.345 e. The third-order valence-electron chi connectivity index (χ3n) is 4.19. The van der Waals surface area contributed by atoms with Gasteiger partial charge in [0.2, 0.25) is 10.0 Å². The van der Waals surface area contributed by atoms with E-state index in [1.807, 2.05) is 18.2 Å². The zero-order valence-corrected chi connectivity index (χ0v) is 15.2. The lowest BCUT2D eigenvalue weighted by atomic mass is 9.87. The molecule has 1 aliphatic carbocycles. The van der Waals surface area contributed by atoms with Gasteiger partial charge in [0.15, 0.2) is 0 Å². The molecule has 0 saturated carbocycles. The van der Waals surface area contributed by atoms with E-state index < -0.39 is 10.0 Å². The van der Waals surface area contributed by atoms with Crippen LogP contribution < -0.4 is 10.5 Å². The van der Waals surface area contributed by atoms with Gasteiger partial charge in [-0.1, -0.05) is 24.3 Å². The van der Waals surface area contributed by atoms with Gasteiger partial charge in [-0.2, -0.15) is 0 Å². The topological polar surface area (TPSA) is 89.3 Å². The van der Waals surface area contributed by atoms with Crippen LogP contribution in [0, 0.1) is 0 Å². The molecule has 3 N–H and O–H groups in total. The Hall–Kier alpha value is -1.70. The van der Waals surface area contributed by atoms with E-state index in [4.69, 9.17) is 5.14 Å². The van der Waals surface area contributed by atoms with Crippen molar-refractivity contribution in [1.29, 1.82) is 0 Å². The molecule has 0 radical (unpaired) electrons. The van der Waals surface area contributed by atoms with Crippen LogP contribution in [0.15, 0.2) is 51.8 Å². The summed E-state index contributed by atoms with van der Waals surface area (Å²) in [7, 11) is -3.86. The largest absolute Gasteiger partial charge is 0.345 e. The average molecular weight is 409 g/mol. The molecule has 0 aliphatic heterocycles. The van der Waals surface area contributed by atoms with E-state index in [9.17, 15) is 13.2 Å². The zero-order valence-electron chi connectivity index (χ0n) is 12.8. The van der Waals surface area contributed by atoms with Crippen molar-refractivity contribution < 1.29 is 13.2 Å². The normalized spacial score (nSPS) is 17.2. The van der Waals surface area contributed by atoms with Crippen LogP contribution in [0.3, 0.4) is 0 Å². The summed E-state index contributed by atoms with van der Waals surface area (Å²) in [6.07, 6.45) is 2.86. The van der Waals surface area contributed by atoms with E-state index in [1.165, 1.54) is 23.8 Å². The van der Waals surface area contributed by atoms with Crippen LogP contribution in [0.1, 0.15) is 40.4 Å². The highest BCUT2D eigenvalue weighted by Crippen LogP contribution is 2.30. The molecule has 3 rings (SSSR count). The highest BCUT2D eigenvalue weighted by molar-refractivity contribution is 9.10. The summed E-state index contributed by atoms with van der Waals surface area (Å²) in [4.78, 5) is 12.6. The second-order valence-corrected chi connectivity index (χ2v) is 8.22. The number of amides is 1. The molecule has 0 spiro atoms. The second kappa shape index (κ2) is 6.66. The Morgan fingerprint density at radius 2 is 1.96 bits per heavy atom. The van der Waals surface area contributed by atoms with Crippen LogP contribution >= 0.6 is 15.9 Å². The fourth-order valence-corrected chi connectivity index (χ4v) is 3.96. The molecule has 1 aliphatic rings. The predicted molar refractivity (Wildman–Crippen MR) is 95.1 cm³/mol. The number of hydrogen-bond acceptors (Lipinski definition) is 3. The van der Waals surface area contributed by atoms with Crippen LogP contribution in [-0.2, 0) is 16.4 Å². The van der Waals surface area contributed by atoms with Crippen LogP contribution in [0.2, 0.25) is 0 Å². The fourth-order valence-electron chi connectivity index (χ4n) is 3.00. The molecule has 2 aromatic carbocycles. The lowest BCUT2D eigenvalue weighted by Crippen LogP contribution is -2.31. The van der Waals surface area contributed by atoms with E-state index in [-0.39, 0.29) is 22.4 Å². The molecule has 24 heavy (non-hydrogen) atoms. The summed E-state index contributed by atoms with van der Waals surface area (Å²) in [6.45, 7) is 0. The number of primary sulfonamides is 1. The summed E-state index contributed by atoms with van der Waals surface area (Å²) >= 11 is 3.30. The summed E-state index contributed by atoms with van der Waals surface area (Å²) in [5.41, 5.74) is 2.62. The van der Waals surface area contributed by atoms with Gasteiger partial charge in [0.1, 0.15) is 0 Å². The summed E-state index contributed by atoms with van der Waals surface area (Å²) in [5.74, 6) is -0.325. The van der Waals surface area contributed by atoms with Gasteiger partial charge in [-0.05, 0) is 64.5 Å².